The maximum atomic E-state index is 15.2. The van der Waals surface area contributed by atoms with E-state index in [4.69, 9.17) is 4.74 Å². The maximum Gasteiger partial charge on any atom is 0.170 e. The van der Waals surface area contributed by atoms with Crippen LogP contribution in [0.25, 0.3) is 0 Å². The van der Waals surface area contributed by atoms with Crippen LogP contribution < -0.4 is 4.74 Å². The minimum absolute atomic E-state index is 0.288. The van der Waals surface area contributed by atoms with E-state index < -0.39 is 5.60 Å². The number of hydrogen-bond acceptors (Lipinski definition) is 1. The Morgan fingerprint density at radius 1 is 0.657 bits per heavy atom. The highest BCUT2D eigenvalue weighted by Crippen LogP contribution is 2.37. The molecule has 4 aromatic rings. The fourth-order valence-electron chi connectivity index (χ4n) is 4.50. The lowest BCUT2D eigenvalue weighted by molar-refractivity contribution is 0.0821. The van der Waals surface area contributed by atoms with E-state index in [0.29, 0.717) is 0 Å². The van der Waals surface area contributed by atoms with Crippen molar-refractivity contribution in [3.8, 4) is 17.6 Å². The van der Waals surface area contributed by atoms with Gasteiger partial charge in [-0.2, -0.15) is 0 Å². The van der Waals surface area contributed by atoms with Crippen molar-refractivity contribution in [1.29, 1.82) is 0 Å². The topological polar surface area (TPSA) is 9.23 Å². The fourth-order valence-corrected chi connectivity index (χ4v) is 6.61. The van der Waals surface area contributed by atoms with Gasteiger partial charge in [0.2, 0.25) is 0 Å². The molecule has 0 heterocycles. The molecule has 174 valence electrons. The van der Waals surface area contributed by atoms with Gasteiger partial charge in [-0.05, 0) is 74.2 Å². The minimum atomic E-state index is -0.675. The number of benzene rings is 4. The van der Waals surface area contributed by atoms with Crippen LogP contribution in [0.5, 0.6) is 5.75 Å². The molecule has 4 aromatic carbocycles. The van der Waals surface area contributed by atoms with Crippen LogP contribution in [0.4, 0.5) is 4.39 Å². The lowest BCUT2D eigenvalue weighted by Crippen LogP contribution is -2.37. The summed E-state index contributed by atoms with van der Waals surface area (Å²) in [5, 5.41) is 0. The molecular weight excluding hydrogens is 451 g/mol. The molecule has 1 nitrogen and oxygen atoms in total. The van der Waals surface area contributed by atoms with Crippen LogP contribution in [-0.2, 0) is 10.9 Å². The molecule has 0 atom stereocenters. The summed E-state index contributed by atoms with van der Waals surface area (Å²) in [5.41, 5.74) is 0.274. The van der Waals surface area contributed by atoms with Gasteiger partial charge in [0.05, 0.1) is 10.9 Å². The Kier molecular flexibility index (Phi) is 7.21. The summed E-state index contributed by atoms with van der Waals surface area (Å²) >= 11 is 0. The lowest BCUT2D eigenvalue weighted by atomic mass is 9.85. The SMILES string of the molecule is Fc1ccc([S+](c2ccccc2)c2ccccc2)cc1OC1(C#Cc2ccccc2)CCCCC1. The third-order valence-corrected chi connectivity index (χ3v) is 8.48. The highest BCUT2D eigenvalue weighted by molar-refractivity contribution is 7.97. The first kappa shape index (κ1) is 23.3. The zero-order valence-electron chi connectivity index (χ0n) is 19.6. The summed E-state index contributed by atoms with van der Waals surface area (Å²) < 4.78 is 21.7. The summed E-state index contributed by atoms with van der Waals surface area (Å²) in [7, 11) is -0.369. The quantitative estimate of drug-likeness (QED) is 0.208. The van der Waals surface area contributed by atoms with Crippen LogP contribution >= 0.6 is 0 Å². The Balaban J connectivity index is 1.53. The molecule has 1 aliphatic carbocycles. The Morgan fingerprint density at radius 2 is 1.23 bits per heavy atom. The van der Waals surface area contributed by atoms with Gasteiger partial charge in [0.25, 0.3) is 0 Å². The summed E-state index contributed by atoms with van der Waals surface area (Å²) in [4.78, 5) is 3.40. The standard InChI is InChI=1S/C32H28FOS/c33-30-20-19-29(35(27-15-7-2-8-16-27)28-17-9-3-10-18-28)25-31(30)34-32(22-11-4-12-23-32)24-21-26-13-5-1-6-14-26/h1-3,5-10,13-20,25H,4,11-12,22-23H2/q+1. The van der Waals surface area contributed by atoms with E-state index in [-0.39, 0.29) is 22.5 Å². The van der Waals surface area contributed by atoms with Crippen LogP contribution in [0.15, 0.2) is 124 Å². The van der Waals surface area contributed by atoms with Gasteiger partial charge in [-0.15, -0.1) is 0 Å². The van der Waals surface area contributed by atoms with Crippen LogP contribution in [0.1, 0.15) is 37.7 Å². The summed E-state index contributed by atoms with van der Waals surface area (Å²) in [6, 6.07) is 36.0. The van der Waals surface area contributed by atoms with Gasteiger partial charge < -0.3 is 4.74 Å². The van der Waals surface area contributed by atoms with Crippen molar-refractivity contribution in [1.82, 2.24) is 0 Å². The number of ether oxygens (including phenoxy) is 1. The summed E-state index contributed by atoms with van der Waals surface area (Å²) in [6.45, 7) is 0. The molecule has 0 bridgehead atoms. The zero-order valence-corrected chi connectivity index (χ0v) is 20.4. The molecule has 0 unspecified atom stereocenters. The van der Waals surface area contributed by atoms with Crippen molar-refractivity contribution >= 4 is 10.9 Å². The molecule has 0 N–H and O–H groups in total. The largest absolute Gasteiger partial charge is 0.471 e. The van der Waals surface area contributed by atoms with E-state index in [2.05, 4.69) is 60.4 Å². The third kappa shape index (κ3) is 5.61. The van der Waals surface area contributed by atoms with Crippen LogP contribution in [-0.4, -0.2) is 5.60 Å². The van der Waals surface area contributed by atoms with E-state index in [9.17, 15) is 0 Å². The smallest absolute Gasteiger partial charge is 0.170 e. The molecule has 0 aromatic heterocycles. The minimum Gasteiger partial charge on any atom is -0.471 e. The van der Waals surface area contributed by atoms with Crippen molar-refractivity contribution < 1.29 is 9.13 Å². The molecule has 0 spiro atoms. The molecule has 0 radical (unpaired) electrons. The molecule has 0 saturated heterocycles. The summed E-state index contributed by atoms with van der Waals surface area (Å²) in [5.74, 6) is 6.64. The van der Waals surface area contributed by atoms with Gasteiger partial charge in [0.15, 0.2) is 31.9 Å². The molecule has 0 amide bonds. The number of rotatable bonds is 5. The molecule has 5 rings (SSSR count). The predicted octanol–water partition coefficient (Wildman–Crippen LogP) is 8.05. The molecule has 1 fully saturated rings. The van der Waals surface area contributed by atoms with E-state index in [1.165, 1.54) is 15.9 Å². The Morgan fingerprint density at radius 3 is 1.83 bits per heavy atom. The first-order valence-corrected chi connectivity index (χ1v) is 13.4. The van der Waals surface area contributed by atoms with Gasteiger partial charge in [0, 0.05) is 11.6 Å². The van der Waals surface area contributed by atoms with Crippen LogP contribution in [0.2, 0.25) is 0 Å². The van der Waals surface area contributed by atoms with E-state index in [1.54, 1.807) is 0 Å². The van der Waals surface area contributed by atoms with Crippen molar-refractivity contribution in [2.45, 2.75) is 52.4 Å². The second-order valence-corrected chi connectivity index (χ2v) is 10.8. The Bertz CT molecular complexity index is 1260. The molecule has 35 heavy (non-hydrogen) atoms. The van der Waals surface area contributed by atoms with E-state index >= 15 is 4.39 Å². The van der Waals surface area contributed by atoms with Gasteiger partial charge in [-0.1, -0.05) is 72.9 Å². The second-order valence-electron chi connectivity index (χ2n) is 8.80. The maximum absolute atomic E-state index is 15.2. The van der Waals surface area contributed by atoms with Gasteiger partial charge in [0.1, 0.15) is 0 Å². The van der Waals surface area contributed by atoms with Crippen molar-refractivity contribution in [2.24, 2.45) is 0 Å². The predicted molar refractivity (Wildman–Crippen MR) is 141 cm³/mol. The first-order chi connectivity index (χ1) is 17.2. The summed E-state index contributed by atoms with van der Waals surface area (Å²) in [6.07, 6.45) is 4.83. The average molecular weight is 480 g/mol. The monoisotopic (exact) mass is 479 g/mol. The average Bonchev–Trinajstić information content (AvgIpc) is 2.92. The van der Waals surface area contributed by atoms with Crippen molar-refractivity contribution in [3.05, 3.63) is 121 Å². The van der Waals surface area contributed by atoms with Gasteiger partial charge in [-0.25, -0.2) is 4.39 Å². The van der Waals surface area contributed by atoms with Crippen molar-refractivity contribution in [2.75, 3.05) is 0 Å². The van der Waals surface area contributed by atoms with Crippen LogP contribution in [0, 0.1) is 17.7 Å². The van der Waals surface area contributed by atoms with Crippen LogP contribution in [0.3, 0.4) is 0 Å². The normalized spacial score (nSPS) is 14.7. The highest BCUT2D eigenvalue weighted by atomic mass is 32.2. The van der Waals surface area contributed by atoms with Gasteiger partial charge in [-0.3, -0.25) is 0 Å². The van der Waals surface area contributed by atoms with Gasteiger partial charge >= 0.3 is 0 Å². The molecule has 1 aliphatic rings. The third-order valence-electron chi connectivity index (χ3n) is 6.27. The molecule has 3 heteroatoms. The number of hydrogen-bond donors (Lipinski definition) is 0. The molecule has 0 aliphatic heterocycles. The Hall–Kier alpha value is -3.48. The Labute approximate surface area is 210 Å². The molecule has 1 saturated carbocycles. The number of halogens is 1. The van der Waals surface area contributed by atoms with Crippen molar-refractivity contribution in [3.63, 3.8) is 0 Å². The van der Waals surface area contributed by atoms with E-state index in [0.717, 1.165) is 42.6 Å². The first-order valence-electron chi connectivity index (χ1n) is 12.1. The highest BCUT2D eigenvalue weighted by Gasteiger charge is 2.35. The lowest BCUT2D eigenvalue weighted by Gasteiger charge is -2.33. The zero-order chi connectivity index (χ0) is 23.9. The fraction of sp³-hybridized carbons (Fsp3) is 0.188. The second kappa shape index (κ2) is 10.8. The van der Waals surface area contributed by atoms with E-state index in [1.807, 2.05) is 54.6 Å². The molecular formula is C32H28FOS+.